The number of carbonyl (C=O) groups is 2. The topological polar surface area (TPSA) is 61.4 Å². The first-order valence-corrected chi connectivity index (χ1v) is 7.05. The predicted octanol–water partition coefficient (Wildman–Crippen LogP) is 1.57. The molecular weight excluding hydrogens is 254 g/mol. The van der Waals surface area contributed by atoms with Gasteiger partial charge in [-0.05, 0) is 18.6 Å². The molecule has 0 bridgehead atoms. The molecule has 1 heterocycles. The molecule has 1 atom stereocenters. The summed E-state index contributed by atoms with van der Waals surface area (Å²) in [7, 11) is 0. The lowest BCUT2D eigenvalue weighted by Gasteiger charge is -2.32. The number of para-hydroxylation sites is 1. The Hall–Kier alpha value is -1.88. The van der Waals surface area contributed by atoms with Crippen LogP contribution in [-0.4, -0.2) is 36.0 Å². The normalized spacial score (nSPS) is 18.9. The maximum Gasteiger partial charge on any atom is 0.244 e. The number of hydrogen-bond donors (Lipinski definition) is 2. The highest BCUT2D eigenvalue weighted by molar-refractivity contribution is 5.94. The van der Waals surface area contributed by atoms with E-state index in [1.54, 1.807) is 4.90 Å². The van der Waals surface area contributed by atoms with Crippen molar-refractivity contribution in [1.29, 1.82) is 0 Å². The van der Waals surface area contributed by atoms with E-state index >= 15 is 0 Å². The van der Waals surface area contributed by atoms with Gasteiger partial charge >= 0.3 is 0 Å². The quantitative estimate of drug-likeness (QED) is 0.857. The van der Waals surface area contributed by atoms with Crippen LogP contribution in [0.2, 0.25) is 0 Å². The summed E-state index contributed by atoms with van der Waals surface area (Å²) in [5.74, 6) is -0.120. The predicted molar refractivity (Wildman–Crippen MR) is 78.1 cm³/mol. The highest BCUT2D eigenvalue weighted by atomic mass is 16.2. The van der Waals surface area contributed by atoms with Crippen molar-refractivity contribution < 1.29 is 9.59 Å². The lowest BCUT2D eigenvalue weighted by molar-refractivity contribution is -0.138. The number of carbonyl (C=O) groups excluding carboxylic acids is 2. The van der Waals surface area contributed by atoms with Gasteiger partial charge in [0.15, 0.2) is 0 Å². The summed E-state index contributed by atoms with van der Waals surface area (Å²) in [6.45, 7) is 2.65. The average Bonchev–Trinajstić information content (AvgIpc) is 2.43. The molecule has 5 heteroatoms. The molecule has 1 aliphatic heterocycles. The summed E-state index contributed by atoms with van der Waals surface area (Å²) in [5.41, 5.74) is 0.749. The van der Waals surface area contributed by atoms with Crippen molar-refractivity contribution in [3.05, 3.63) is 30.3 Å². The van der Waals surface area contributed by atoms with Crippen molar-refractivity contribution >= 4 is 17.5 Å². The summed E-state index contributed by atoms with van der Waals surface area (Å²) in [5, 5.41) is 6.08. The first kappa shape index (κ1) is 14.5. The van der Waals surface area contributed by atoms with Crippen molar-refractivity contribution in [1.82, 2.24) is 10.2 Å². The lowest BCUT2D eigenvalue weighted by atomic mass is 10.1. The number of benzene rings is 1. The van der Waals surface area contributed by atoms with Gasteiger partial charge < -0.3 is 10.2 Å². The summed E-state index contributed by atoms with van der Waals surface area (Å²) in [6.07, 6.45) is 2.53. The van der Waals surface area contributed by atoms with Crippen molar-refractivity contribution in [2.24, 2.45) is 0 Å². The van der Waals surface area contributed by atoms with Crippen LogP contribution >= 0.6 is 0 Å². The number of anilines is 1. The molecule has 1 aromatic rings. The maximum atomic E-state index is 12.0. The van der Waals surface area contributed by atoms with Gasteiger partial charge in [0.25, 0.3) is 0 Å². The van der Waals surface area contributed by atoms with E-state index in [2.05, 4.69) is 17.6 Å². The van der Waals surface area contributed by atoms with Crippen molar-refractivity contribution in [3.63, 3.8) is 0 Å². The number of rotatable bonds is 5. The van der Waals surface area contributed by atoms with Crippen LogP contribution in [0, 0.1) is 0 Å². The number of amides is 2. The molecule has 1 unspecified atom stereocenters. The molecule has 2 N–H and O–H groups in total. The second-order valence-electron chi connectivity index (χ2n) is 5.06. The minimum Gasteiger partial charge on any atom is -0.325 e. The second-order valence-corrected chi connectivity index (χ2v) is 5.06. The molecule has 0 aliphatic carbocycles. The monoisotopic (exact) mass is 275 g/mol. The molecule has 1 aromatic carbocycles. The van der Waals surface area contributed by atoms with Crippen LogP contribution in [-0.2, 0) is 9.59 Å². The molecule has 2 rings (SSSR count). The minimum atomic E-state index is -0.166. The molecule has 0 radical (unpaired) electrons. The Morgan fingerprint density at radius 1 is 1.40 bits per heavy atom. The van der Waals surface area contributed by atoms with Gasteiger partial charge in [0.2, 0.25) is 11.8 Å². The van der Waals surface area contributed by atoms with Gasteiger partial charge in [-0.1, -0.05) is 31.5 Å². The third kappa shape index (κ3) is 4.06. The molecule has 0 saturated carbocycles. The third-order valence-corrected chi connectivity index (χ3v) is 3.37. The zero-order valence-electron chi connectivity index (χ0n) is 11.8. The Balaban J connectivity index is 1.82. The largest absolute Gasteiger partial charge is 0.325 e. The summed E-state index contributed by atoms with van der Waals surface area (Å²) in [6, 6.07) is 9.51. The van der Waals surface area contributed by atoms with Crippen LogP contribution in [0.3, 0.4) is 0 Å². The van der Waals surface area contributed by atoms with Crippen LogP contribution < -0.4 is 10.6 Å². The summed E-state index contributed by atoms with van der Waals surface area (Å²) >= 11 is 0. The molecule has 2 amide bonds. The zero-order chi connectivity index (χ0) is 14.4. The van der Waals surface area contributed by atoms with E-state index < -0.39 is 0 Å². The smallest absolute Gasteiger partial charge is 0.244 e. The fourth-order valence-corrected chi connectivity index (χ4v) is 2.33. The Morgan fingerprint density at radius 3 is 2.80 bits per heavy atom. The SMILES string of the molecule is CCCC1CC(=O)N(CC(=O)Nc2ccccc2)CN1. The fraction of sp³-hybridized carbons (Fsp3) is 0.467. The van der Waals surface area contributed by atoms with Gasteiger partial charge in [-0.15, -0.1) is 0 Å². The van der Waals surface area contributed by atoms with E-state index in [9.17, 15) is 9.59 Å². The first-order valence-electron chi connectivity index (χ1n) is 7.05. The first-order chi connectivity index (χ1) is 9.69. The molecule has 1 aliphatic rings. The Labute approximate surface area is 119 Å². The third-order valence-electron chi connectivity index (χ3n) is 3.37. The van der Waals surface area contributed by atoms with Gasteiger partial charge in [-0.25, -0.2) is 0 Å². The molecule has 1 saturated heterocycles. The van der Waals surface area contributed by atoms with Gasteiger partial charge in [0.05, 0.1) is 6.67 Å². The Morgan fingerprint density at radius 2 is 2.15 bits per heavy atom. The standard InChI is InChI=1S/C15H21N3O2/c1-2-6-13-9-15(20)18(11-16-13)10-14(19)17-12-7-4-3-5-8-12/h3-5,7-8,13,16H,2,6,9-11H2,1H3,(H,17,19). The fourth-order valence-electron chi connectivity index (χ4n) is 2.33. The summed E-state index contributed by atoms with van der Waals surface area (Å²) < 4.78 is 0. The Kier molecular flexibility index (Phi) is 5.12. The number of nitrogens with zero attached hydrogens (tertiary/aromatic N) is 1. The molecule has 108 valence electrons. The van der Waals surface area contributed by atoms with Crippen LogP contribution in [0.5, 0.6) is 0 Å². The van der Waals surface area contributed by atoms with E-state index in [-0.39, 0.29) is 24.4 Å². The number of hydrogen-bond acceptors (Lipinski definition) is 3. The molecule has 5 nitrogen and oxygen atoms in total. The molecule has 1 fully saturated rings. The lowest BCUT2D eigenvalue weighted by Crippen LogP contribution is -2.52. The van der Waals surface area contributed by atoms with E-state index in [1.165, 1.54) is 0 Å². The minimum absolute atomic E-state index is 0.0467. The van der Waals surface area contributed by atoms with Crippen molar-refractivity contribution in [3.8, 4) is 0 Å². The Bertz CT molecular complexity index is 461. The molecular formula is C15H21N3O2. The number of nitrogens with one attached hydrogen (secondary N) is 2. The van der Waals surface area contributed by atoms with Gasteiger partial charge in [-0.2, -0.15) is 0 Å². The summed E-state index contributed by atoms with van der Waals surface area (Å²) in [4.78, 5) is 25.4. The molecule has 0 spiro atoms. The zero-order valence-corrected chi connectivity index (χ0v) is 11.8. The van der Waals surface area contributed by atoms with Gasteiger partial charge in [-0.3, -0.25) is 14.9 Å². The van der Waals surface area contributed by atoms with Gasteiger partial charge in [0, 0.05) is 18.2 Å². The molecule has 0 aromatic heterocycles. The van der Waals surface area contributed by atoms with E-state index in [4.69, 9.17) is 0 Å². The van der Waals surface area contributed by atoms with E-state index in [0.29, 0.717) is 13.1 Å². The average molecular weight is 275 g/mol. The van der Waals surface area contributed by atoms with Crippen LogP contribution in [0.15, 0.2) is 30.3 Å². The van der Waals surface area contributed by atoms with Crippen LogP contribution in [0.1, 0.15) is 26.2 Å². The van der Waals surface area contributed by atoms with Crippen molar-refractivity contribution in [2.45, 2.75) is 32.2 Å². The maximum absolute atomic E-state index is 12.0. The second kappa shape index (κ2) is 7.05. The van der Waals surface area contributed by atoms with Crippen LogP contribution in [0.4, 0.5) is 5.69 Å². The molecule has 20 heavy (non-hydrogen) atoms. The van der Waals surface area contributed by atoms with E-state index in [0.717, 1.165) is 18.5 Å². The highest BCUT2D eigenvalue weighted by Crippen LogP contribution is 2.10. The van der Waals surface area contributed by atoms with Crippen LogP contribution in [0.25, 0.3) is 0 Å². The van der Waals surface area contributed by atoms with Gasteiger partial charge in [0.1, 0.15) is 6.54 Å². The van der Waals surface area contributed by atoms with E-state index in [1.807, 2.05) is 30.3 Å². The van der Waals surface area contributed by atoms with Crippen molar-refractivity contribution in [2.75, 3.05) is 18.5 Å². The highest BCUT2D eigenvalue weighted by Gasteiger charge is 2.25.